The van der Waals surface area contributed by atoms with Gasteiger partial charge in [-0.1, -0.05) is 20.8 Å². The summed E-state index contributed by atoms with van der Waals surface area (Å²) in [6, 6.07) is 0. The number of hydrogen-bond acceptors (Lipinski definition) is 4. The molecule has 1 aromatic heterocycles. The molecule has 1 aliphatic heterocycles. The largest absolute Gasteiger partial charge is 0.445 e. The van der Waals surface area contributed by atoms with Gasteiger partial charge in [-0.05, 0) is 12.8 Å². The third-order valence-corrected chi connectivity index (χ3v) is 3.77. The Kier molecular flexibility index (Phi) is 5.04. The standard InChI is InChI=1S/C16H26N2O3/c1-16(2,3)13-10-17-14(21-13)7-8-15(19)18(4)11-12-6-5-9-20-12/h10,12H,5-9,11H2,1-4H3/t12-/m1/s1. The lowest BCUT2D eigenvalue weighted by Crippen LogP contribution is -2.34. The van der Waals surface area contributed by atoms with E-state index in [0.717, 1.165) is 25.2 Å². The number of rotatable bonds is 5. The topological polar surface area (TPSA) is 55.6 Å². The molecule has 1 aliphatic rings. The lowest BCUT2D eigenvalue weighted by Gasteiger charge is -2.20. The van der Waals surface area contributed by atoms with Crippen molar-refractivity contribution in [1.29, 1.82) is 0 Å². The molecular formula is C16H26N2O3. The first-order valence-electron chi connectivity index (χ1n) is 7.67. The molecule has 0 bridgehead atoms. The first-order chi connectivity index (χ1) is 9.86. The minimum Gasteiger partial charge on any atom is -0.445 e. The maximum absolute atomic E-state index is 12.1. The number of carbonyl (C=O) groups excluding carboxylic acids is 1. The molecule has 0 saturated carbocycles. The molecule has 5 heteroatoms. The van der Waals surface area contributed by atoms with Crippen LogP contribution in [0, 0.1) is 0 Å². The average molecular weight is 294 g/mol. The maximum atomic E-state index is 12.1. The van der Waals surface area contributed by atoms with Gasteiger partial charge in [-0.15, -0.1) is 0 Å². The van der Waals surface area contributed by atoms with Gasteiger partial charge in [0.05, 0.1) is 12.3 Å². The van der Waals surface area contributed by atoms with Crippen molar-refractivity contribution in [1.82, 2.24) is 9.88 Å². The molecule has 1 fully saturated rings. The molecule has 1 amide bonds. The van der Waals surface area contributed by atoms with Gasteiger partial charge in [0.2, 0.25) is 5.91 Å². The summed E-state index contributed by atoms with van der Waals surface area (Å²) >= 11 is 0. The highest BCUT2D eigenvalue weighted by Crippen LogP contribution is 2.23. The van der Waals surface area contributed by atoms with Gasteiger partial charge in [-0.3, -0.25) is 4.79 Å². The van der Waals surface area contributed by atoms with Crippen LogP contribution in [0.5, 0.6) is 0 Å². The Morgan fingerprint density at radius 1 is 1.48 bits per heavy atom. The minimum absolute atomic E-state index is 0.0497. The zero-order valence-electron chi connectivity index (χ0n) is 13.5. The summed E-state index contributed by atoms with van der Waals surface area (Å²) < 4.78 is 11.3. The summed E-state index contributed by atoms with van der Waals surface area (Å²) in [5.74, 6) is 1.61. The number of ether oxygens (including phenoxy) is 1. The Morgan fingerprint density at radius 3 is 2.81 bits per heavy atom. The molecule has 0 radical (unpaired) electrons. The average Bonchev–Trinajstić information content (AvgIpc) is 3.05. The fraction of sp³-hybridized carbons (Fsp3) is 0.750. The normalized spacial score (nSPS) is 19.0. The smallest absolute Gasteiger partial charge is 0.222 e. The number of nitrogens with zero attached hydrogens (tertiary/aromatic N) is 2. The second kappa shape index (κ2) is 6.60. The molecule has 0 spiro atoms. The van der Waals surface area contributed by atoms with Crippen LogP contribution in [0.4, 0.5) is 0 Å². The zero-order chi connectivity index (χ0) is 15.5. The summed E-state index contributed by atoms with van der Waals surface area (Å²) in [5.41, 5.74) is -0.0497. The van der Waals surface area contributed by atoms with E-state index in [1.807, 2.05) is 7.05 Å². The summed E-state index contributed by atoms with van der Waals surface area (Å²) in [4.78, 5) is 18.1. The highest BCUT2D eigenvalue weighted by atomic mass is 16.5. The second-order valence-electron chi connectivity index (χ2n) is 6.78. The quantitative estimate of drug-likeness (QED) is 0.837. The first kappa shape index (κ1) is 16.0. The van der Waals surface area contributed by atoms with Crippen LogP contribution in [0.15, 0.2) is 10.6 Å². The summed E-state index contributed by atoms with van der Waals surface area (Å²) in [6.45, 7) is 7.74. The molecule has 0 aromatic carbocycles. The predicted octanol–water partition coefficient (Wildman–Crippen LogP) is 2.54. The van der Waals surface area contributed by atoms with E-state index in [9.17, 15) is 4.79 Å². The van der Waals surface area contributed by atoms with E-state index in [1.165, 1.54) is 0 Å². The lowest BCUT2D eigenvalue weighted by molar-refractivity contribution is -0.131. The van der Waals surface area contributed by atoms with Crippen molar-refractivity contribution in [3.05, 3.63) is 17.8 Å². The van der Waals surface area contributed by atoms with E-state index in [0.29, 0.717) is 25.3 Å². The van der Waals surface area contributed by atoms with E-state index in [2.05, 4.69) is 25.8 Å². The van der Waals surface area contributed by atoms with Crippen molar-refractivity contribution < 1.29 is 13.9 Å². The van der Waals surface area contributed by atoms with Gasteiger partial charge in [0, 0.05) is 38.5 Å². The number of amides is 1. The molecule has 21 heavy (non-hydrogen) atoms. The maximum Gasteiger partial charge on any atom is 0.222 e. The number of hydrogen-bond donors (Lipinski definition) is 0. The van der Waals surface area contributed by atoms with Gasteiger partial charge >= 0.3 is 0 Å². The lowest BCUT2D eigenvalue weighted by atomic mass is 9.94. The van der Waals surface area contributed by atoms with E-state index in [4.69, 9.17) is 9.15 Å². The molecule has 5 nitrogen and oxygen atoms in total. The molecule has 2 rings (SSSR count). The van der Waals surface area contributed by atoms with E-state index in [-0.39, 0.29) is 17.4 Å². The second-order valence-corrected chi connectivity index (χ2v) is 6.78. The third kappa shape index (κ3) is 4.56. The van der Waals surface area contributed by atoms with Gasteiger partial charge in [-0.25, -0.2) is 4.98 Å². The van der Waals surface area contributed by atoms with Crippen LogP contribution < -0.4 is 0 Å². The molecule has 2 heterocycles. The number of aryl methyl sites for hydroxylation is 1. The van der Waals surface area contributed by atoms with Crippen molar-refractivity contribution in [2.45, 2.75) is 58.0 Å². The van der Waals surface area contributed by atoms with E-state index >= 15 is 0 Å². The number of aromatic nitrogens is 1. The SMILES string of the molecule is CN(C[C@H]1CCCO1)C(=O)CCc1ncc(C(C)(C)C)o1. The predicted molar refractivity (Wildman–Crippen MR) is 80.1 cm³/mol. The molecule has 1 atom stereocenters. The molecular weight excluding hydrogens is 268 g/mol. The van der Waals surface area contributed by atoms with Crippen LogP contribution >= 0.6 is 0 Å². The fourth-order valence-corrected chi connectivity index (χ4v) is 2.37. The van der Waals surface area contributed by atoms with Crippen molar-refractivity contribution >= 4 is 5.91 Å². The van der Waals surface area contributed by atoms with Crippen molar-refractivity contribution in [2.24, 2.45) is 0 Å². The van der Waals surface area contributed by atoms with Crippen molar-refractivity contribution in [2.75, 3.05) is 20.2 Å². The van der Waals surface area contributed by atoms with Crippen LogP contribution in [-0.4, -0.2) is 42.1 Å². The van der Waals surface area contributed by atoms with E-state index < -0.39 is 0 Å². The monoisotopic (exact) mass is 294 g/mol. The Hall–Kier alpha value is -1.36. The Balaban J connectivity index is 1.79. The van der Waals surface area contributed by atoms with Crippen LogP contribution in [0.3, 0.4) is 0 Å². The van der Waals surface area contributed by atoms with Crippen LogP contribution in [0.25, 0.3) is 0 Å². The Bertz CT molecular complexity index is 470. The Morgan fingerprint density at radius 2 is 2.24 bits per heavy atom. The van der Waals surface area contributed by atoms with Crippen LogP contribution in [0.1, 0.15) is 51.7 Å². The van der Waals surface area contributed by atoms with Crippen molar-refractivity contribution in [3.63, 3.8) is 0 Å². The van der Waals surface area contributed by atoms with Gasteiger partial charge in [0.25, 0.3) is 0 Å². The summed E-state index contributed by atoms with van der Waals surface area (Å²) in [6.07, 6.45) is 5.08. The highest BCUT2D eigenvalue weighted by Gasteiger charge is 2.21. The van der Waals surface area contributed by atoms with E-state index in [1.54, 1.807) is 11.1 Å². The van der Waals surface area contributed by atoms with Gasteiger partial charge in [0.15, 0.2) is 5.89 Å². The Labute approximate surface area is 126 Å². The van der Waals surface area contributed by atoms with Gasteiger partial charge < -0.3 is 14.1 Å². The number of oxazole rings is 1. The zero-order valence-corrected chi connectivity index (χ0v) is 13.5. The molecule has 1 saturated heterocycles. The molecule has 1 aromatic rings. The molecule has 0 N–H and O–H groups in total. The third-order valence-electron chi connectivity index (χ3n) is 3.77. The van der Waals surface area contributed by atoms with Gasteiger partial charge in [-0.2, -0.15) is 0 Å². The van der Waals surface area contributed by atoms with Crippen LogP contribution in [0.2, 0.25) is 0 Å². The van der Waals surface area contributed by atoms with Crippen LogP contribution in [-0.2, 0) is 21.4 Å². The first-order valence-corrected chi connectivity index (χ1v) is 7.67. The van der Waals surface area contributed by atoms with Crippen molar-refractivity contribution in [3.8, 4) is 0 Å². The molecule has 0 unspecified atom stereocenters. The summed E-state index contributed by atoms with van der Waals surface area (Å²) in [5, 5.41) is 0. The molecule has 0 aliphatic carbocycles. The molecule has 118 valence electrons. The number of likely N-dealkylation sites (N-methyl/N-ethyl adjacent to an activating group) is 1. The van der Waals surface area contributed by atoms with Gasteiger partial charge in [0.1, 0.15) is 5.76 Å². The fourth-order valence-electron chi connectivity index (χ4n) is 2.37. The highest BCUT2D eigenvalue weighted by molar-refractivity contribution is 5.76. The summed E-state index contributed by atoms with van der Waals surface area (Å²) in [7, 11) is 1.83. The number of carbonyl (C=O) groups is 1. The minimum atomic E-state index is -0.0497.